The monoisotopic (exact) mass is 248 g/mol. The molecule has 0 unspecified atom stereocenters. The molecule has 18 heavy (non-hydrogen) atoms. The zero-order valence-electron chi connectivity index (χ0n) is 11.2. The van der Waals surface area contributed by atoms with Crippen LogP contribution in [0.2, 0.25) is 0 Å². The molecule has 3 N–H and O–H groups in total. The average molecular weight is 248 g/mol. The zero-order chi connectivity index (χ0) is 13.0. The Morgan fingerprint density at radius 3 is 2.72 bits per heavy atom. The topological polar surface area (TPSA) is 49.5 Å². The molecule has 1 aromatic rings. The van der Waals surface area contributed by atoms with E-state index in [-0.39, 0.29) is 6.61 Å². The molecule has 1 aliphatic carbocycles. The Morgan fingerprint density at radius 1 is 1.39 bits per heavy atom. The van der Waals surface area contributed by atoms with Crippen LogP contribution in [0.15, 0.2) is 18.2 Å². The van der Waals surface area contributed by atoms with Gasteiger partial charge >= 0.3 is 0 Å². The van der Waals surface area contributed by atoms with Crippen molar-refractivity contribution in [3.8, 4) is 0 Å². The number of aliphatic hydroxyl groups is 1. The molecule has 0 heterocycles. The molecule has 1 aromatic carbocycles. The molecule has 0 amide bonds. The molecule has 3 nitrogen and oxygen atoms in total. The smallest absolute Gasteiger partial charge is 0.0447 e. The number of hydrogen-bond donors (Lipinski definition) is 2. The van der Waals surface area contributed by atoms with Crippen LogP contribution >= 0.6 is 0 Å². The van der Waals surface area contributed by atoms with Crippen molar-refractivity contribution in [2.24, 2.45) is 5.73 Å². The van der Waals surface area contributed by atoms with E-state index in [0.717, 1.165) is 13.0 Å². The quantitative estimate of drug-likeness (QED) is 0.811. The van der Waals surface area contributed by atoms with Gasteiger partial charge in [0.15, 0.2) is 0 Å². The molecule has 0 radical (unpaired) electrons. The third-order valence-electron chi connectivity index (χ3n) is 3.90. The van der Waals surface area contributed by atoms with Crippen molar-refractivity contribution in [2.45, 2.75) is 45.2 Å². The van der Waals surface area contributed by atoms with E-state index in [1.165, 1.54) is 36.1 Å². The second-order valence-electron chi connectivity index (χ2n) is 5.14. The van der Waals surface area contributed by atoms with Gasteiger partial charge in [-0.1, -0.05) is 18.2 Å². The molecule has 0 spiro atoms. The van der Waals surface area contributed by atoms with E-state index in [1.807, 2.05) is 0 Å². The van der Waals surface area contributed by atoms with Gasteiger partial charge in [0.1, 0.15) is 0 Å². The summed E-state index contributed by atoms with van der Waals surface area (Å²) < 4.78 is 0. The molecular weight excluding hydrogens is 224 g/mol. The number of nitrogens with two attached hydrogens (primary N) is 1. The van der Waals surface area contributed by atoms with E-state index < -0.39 is 0 Å². The van der Waals surface area contributed by atoms with Gasteiger partial charge in [-0.25, -0.2) is 0 Å². The summed E-state index contributed by atoms with van der Waals surface area (Å²) in [6, 6.07) is 6.99. The van der Waals surface area contributed by atoms with Crippen LogP contribution in [0.5, 0.6) is 0 Å². The second kappa shape index (κ2) is 6.21. The largest absolute Gasteiger partial charge is 0.396 e. The molecule has 1 aliphatic rings. The first-order valence-electron chi connectivity index (χ1n) is 6.94. The maximum Gasteiger partial charge on any atom is 0.0447 e. The molecular formula is C15H24N2O. The van der Waals surface area contributed by atoms with Crippen molar-refractivity contribution in [1.82, 2.24) is 0 Å². The Bertz CT molecular complexity index is 388. The molecule has 1 fully saturated rings. The van der Waals surface area contributed by atoms with Gasteiger partial charge in [0.05, 0.1) is 0 Å². The van der Waals surface area contributed by atoms with Crippen LogP contribution in [0.25, 0.3) is 0 Å². The summed E-state index contributed by atoms with van der Waals surface area (Å²) in [6.45, 7) is 3.92. The molecule has 1 saturated carbocycles. The number of hydrogen-bond acceptors (Lipinski definition) is 3. The highest BCUT2D eigenvalue weighted by molar-refractivity contribution is 5.60. The second-order valence-corrected chi connectivity index (χ2v) is 5.14. The molecule has 0 aliphatic heterocycles. The van der Waals surface area contributed by atoms with E-state index in [0.29, 0.717) is 12.6 Å². The highest BCUT2D eigenvalue weighted by atomic mass is 16.3. The van der Waals surface area contributed by atoms with Crippen LogP contribution in [-0.2, 0) is 6.54 Å². The number of benzene rings is 1. The van der Waals surface area contributed by atoms with Crippen LogP contribution in [0.3, 0.4) is 0 Å². The maximum atomic E-state index is 9.08. The summed E-state index contributed by atoms with van der Waals surface area (Å²) >= 11 is 0. The van der Waals surface area contributed by atoms with Crippen LogP contribution in [0.1, 0.15) is 36.8 Å². The predicted molar refractivity (Wildman–Crippen MR) is 75.8 cm³/mol. The summed E-state index contributed by atoms with van der Waals surface area (Å²) in [4.78, 5) is 2.47. The van der Waals surface area contributed by atoms with Gasteiger partial charge in [0.2, 0.25) is 0 Å². The lowest BCUT2D eigenvalue weighted by molar-refractivity contribution is 0.283. The Hall–Kier alpha value is -1.06. The highest BCUT2D eigenvalue weighted by Crippen LogP contribution is 2.33. The van der Waals surface area contributed by atoms with Crippen molar-refractivity contribution in [3.05, 3.63) is 29.3 Å². The molecule has 0 bridgehead atoms. The molecule has 0 aromatic heterocycles. The van der Waals surface area contributed by atoms with Gasteiger partial charge in [0, 0.05) is 31.4 Å². The fourth-order valence-corrected chi connectivity index (χ4v) is 2.71. The zero-order valence-corrected chi connectivity index (χ0v) is 11.2. The third kappa shape index (κ3) is 2.68. The van der Waals surface area contributed by atoms with Gasteiger partial charge in [-0.05, 0) is 43.7 Å². The lowest BCUT2D eigenvalue weighted by atomic mass is 9.89. The number of nitrogens with zero attached hydrogens (tertiary/aromatic N) is 1. The fourth-order valence-electron chi connectivity index (χ4n) is 2.71. The number of anilines is 1. The van der Waals surface area contributed by atoms with Gasteiger partial charge in [-0.15, -0.1) is 0 Å². The Kier molecular flexibility index (Phi) is 4.61. The normalized spacial score (nSPS) is 15.5. The van der Waals surface area contributed by atoms with Crippen LogP contribution in [0, 0.1) is 6.92 Å². The average Bonchev–Trinajstić information content (AvgIpc) is 2.32. The minimum Gasteiger partial charge on any atom is -0.396 e. The van der Waals surface area contributed by atoms with Crippen molar-refractivity contribution < 1.29 is 5.11 Å². The lowest BCUT2D eigenvalue weighted by Gasteiger charge is -2.41. The minimum absolute atomic E-state index is 0.257. The first kappa shape index (κ1) is 13.4. The van der Waals surface area contributed by atoms with Gasteiger partial charge in [0.25, 0.3) is 0 Å². The first-order chi connectivity index (χ1) is 8.77. The minimum atomic E-state index is 0.257. The van der Waals surface area contributed by atoms with Crippen LogP contribution in [0.4, 0.5) is 5.69 Å². The predicted octanol–water partition coefficient (Wildman–Crippen LogP) is 2.20. The molecule has 3 heteroatoms. The summed E-state index contributed by atoms with van der Waals surface area (Å²) in [6.07, 6.45) is 4.69. The van der Waals surface area contributed by atoms with Crippen LogP contribution in [-0.4, -0.2) is 24.3 Å². The Morgan fingerprint density at radius 2 is 2.17 bits per heavy atom. The molecule has 2 rings (SSSR count). The van der Waals surface area contributed by atoms with Gasteiger partial charge < -0.3 is 15.7 Å². The number of para-hydroxylation sites is 1. The van der Waals surface area contributed by atoms with Crippen LogP contribution < -0.4 is 10.6 Å². The number of rotatable bonds is 6. The van der Waals surface area contributed by atoms with Gasteiger partial charge in [-0.3, -0.25) is 0 Å². The summed E-state index contributed by atoms with van der Waals surface area (Å²) in [7, 11) is 0. The lowest BCUT2D eigenvalue weighted by Crippen LogP contribution is -2.42. The van der Waals surface area contributed by atoms with Crippen molar-refractivity contribution in [2.75, 3.05) is 18.1 Å². The Labute approximate surface area is 110 Å². The van der Waals surface area contributed by atoms with E-state index in [9.17, 15) is 0 Å². The summed E-state index contributed by atoms with van der Waals surface area (Å²) in [5, 5.41) is 9.08. The standard InChI is InChI=1S/C15H24N2O/c1-12-5-2-6-13(11-16)15(12)17(9-4-10-18)14-7-3-8-14/h2,5-6,14,18H,3-4,7-11,16H2,1H3. The summed E-state index contributed by atoms with van der Waals surface area (Å²) in [5.74, 6) is 0. The van der Waals surface area contributed by atoms with E-state index >= 15 is 0 Å². The van der Waals surface area contributed by atoms with Gasteiger partial charge in [-0.2, -0.15) is 0 Å². The number of aliphatic hydroxyl groups excluding tert-OH is 1. The van der Waals surface area contributed by atoms with E-state index in [2.05, 4.69) is 30.0 Å². The Balaban J connectivity index is 2.28. The molecule has 100 valence electrons. The highest BCUT2D eigenvalue weighted by Gasteiger charge is 2.26. The molecule has 0 saturated heterocycles. The first-order valence-corrected chi connectivity index (χ1v) is 6.94. The van der Waals surface area contributed by atoms with E-state index in [1.54, 1.807) is 0 Å². The van der Waals surface area contributed by atoms with Crippen molar-refractivity contribution in [1.29, 1.82) is 0 Å². The fraction of sp³-hybridized carbons (Fsp3) is 0.600. The molecule has 0 atom stereocenters. The van der Waals surface area contributed by atoms with E-state index in [4.69, 9.17) is 10.8 Å². The summed E-state index contributed by atoms with van der Waals surface area (Å²) in [5.41, 5.74) is 9.69. The maximum absolute atomic E-state index is 9.08. The third-order valence-corrected chi connectivity index (χ3v) is 3.90. The number of aryl methyl sites for hydroxylation is 1. The van der Waals surface area contributed by atoms with Crippen molar-refractivity contribution in [3.63, 3.8) is 0 Å². The SMILES string of the molecule is Cc1cccc(CN)c1N(CCCO)C1CCC1. The van der Waals surface area contributed by atoms with Crippen molar-refractivity contribution >= 4 is 5.69 Å².